The van der Waals surface area contributed by atoms with E-state index in [-0.39, 0.29) is 5.91 Å². The van der Waals surface area contributed by atoms with Crippen LogP contribution in [0.3, 0.4) is 0 Å². The van der Waals surface area contributed by atoms with Crippen molar-refractivity contribution in [1.29, 1.82) is 0 Å². The molecule has 0 unspecified atom stereocenters. The molecule has 2 aliphatic rings. The highest BCUT2D eigenvalue weighted by molar-refractivity contribution is 6.10. The van der Waals surface area contributed by atoms with E-state index >= 15 is 0 Å². The van der Waals surface area contributed by atoms with Crippen LogP contribution in [0.2, 0.25) is 0 Å². The largest absolute Gasteiger partial charge is 0.356 e. The van der Waals surface area contributed by atoms with Crippen molar-refractivity contribution in [3.63, 3.8) is 0 Å². The summed E-state index contributed by atoms with van der Waals surface area (Å²) in [5.74, 6) is 1.45. The number of aromatic nitrogens is 1. The van der Waals surface area contributed by atoms with Gasteiger partial charge in [0.05, 0.1) is 5.56 Å². The Morgan fingerprint density at radius 2 is 1.92 bits per heavy atom. The lowest BCUT2D eigenvalue weighted by Crippen LogP contribution is -2.36. The Bertz CT molecular complexity index is 793. The third kappa shape index (κ3) is 2.93. The molecule has 1 fully saturated rings. The number of anilines is 2. The molecule has 1 amide bonds. The molecule has 4 rings (SSSR count). The van der Waals surface area contributed by atoms with Crippen LogP contribution in [0.15, 0.2) is 55.3 Å². The first-order valence-corrected chi connectivity index (χ1v) is 9.00. The second kappa shape index (κ2) is 6.71. The van der Waals surface area contributed by atoms with E-state index in [0.29, 0.717) is 11.5 Å². The SMILES string of the molecule is C=CC1CCN(c2ncccc2C(=O)N2CCc3ccccc32)CC1. The zero-order chi connectivity index (χ0) is 17.2. The molecule has 4 nitrogen and oxygen atoms in total. The minimum Gasteiger partial charge on any atom is -0.356 e. The number of benzene rings is 1. The van der Waals surface area contributed by atoms with Crippen molar-refractivity contribution >= 4 is 17.4 Å². The molecule has 0 N–H and O–H groups in total. The number of nitrogens with zero attached hydrogens (tertiary/aromatic N) is 3. The molecule has 0 atom stereocenters. The Morgan fingerprint density at radius 3 is 2.72 bits per heavy atom. The van der Waals surface area contributed by atoms with Gasteiger partial charge >= 0.3 is 0 Å². The summed E-state index contributed by atoms with van der Waals surface area (Å²) in [6.45, 7) is 6.49. The van der Waals surface area contributed by atoms with Crippen LogP contribution in [0.4, 0.5) is 11.5 Å². The van der Waals surface area contributed by atoms with Crippen molar-refractivity contribution in [1.82, 2.24) is 4.98 Å². The molecule has 0 radical (unpaired) electrons. The second-order valence-corrected chi connectivity index (χ2v) is 6.77. The fourth-order valence-electron chi connectivity index (χ4n) is 3.86. The average Bonchev–Trinajstić information content (AvgIpc) is 3.12. The second-order valence-electron chi connectivity index (χ2n) is 6.77. The van der Waals surface area contributed by atoms with Gasteiger partial charge in [-0.1, -0.05) is 24.3 Å². The summed E-state index contributed by atoms with van der Waals surface area (Å²) >= 11 is 0. The van der Waals surface area contributed by atoms with Crippen LogP contribution in [-0.4, -0.2) is 30.5 Å². The van der Waals surface area contributed by atoms with E-state index in [0.717, 1.165) is 50.4 Å². The number of allylic oxidation sites excluding steroid dienone is 1. The van der Waals surface area contributed by atoms with Crippen LogP contribution in [0.25, 0.3) is 0 Å². The van der Waals surface area contributed by atoms with Gasteiger partial charge in [0.25, 0.3) is 5.91 Å². The van der Waals surface area contributed by atoms with Crippen molar-refractivity contribution in [2.45, 2.75) is 19.3 Å². The van der Waals surface area contributed by atoms with Crippen LogP contribution in [-0.2, 0) is 6.42 Å². The first kappa shape index (κ1) is 15.9. The summed E-state index contributed by atoms with van der Waals surface area (Å²) < 4.78 is 0. The van der Waals surface area contributed by atoms with Gasteiger partial charge < -0.3 is 9.80 Å². The number of piperidine rings is 1. The van der Waals surface area contributed by atoms with E-state index in [2.05, 4.69) is 22.5 Å². The molecule has 25 heavy (non-hydrogen) atoms. The minimum atomic E-state index is 0.0545. The molecule has 1 saturated heterocycles. The van der Waals surface area contributed by atoms with E-state index in [1.807, 2.05) is 41.3 Å². The number of carbonyl (C=O) groups is 1. The number of fused-ring (bicyclic) bond motifs is 1. The molecule has 3 heterocycles. The molecule has 0 saturated carbocycles. The van der Waals surface area contributed by atoms with E-state index in [4.69, 9.17) is 0 Å². The molecular weight excluding hydrogens is 310 g/mol. The van der Waals surface area contributed by atoms with Gasteiger partial charge in [-0.15, -0.1) is 6.58 Å². The summed E-state index contributed by atoms with van der Waals surface area (Å²) in [7, 11) is 0. The van der Waals surface area contributed by atoms with Gasteiger partial charge in [-0.25, -0.2) is 4.98 Å². The maximum atomic E-state index is 13.2. The number of amides is 1. The monoisotopic (exact) mass is 333 g/mol. The Kier molecular flexibility index (Phi) is 4.26. The van der Waals surface area contributed by atoms with Gasteiger partial charge in [-0.3, -0.25) is 4.79 Å². The van der Waals surface area contributed by atoms with Crippen molar-refractivity contribution in [2.24, 2.45) is 5.92 Å². The predicted octanol–water partition coefficient (Wildman–Crippen LogP) is 3.69. The molecular formula is C21H23N3O. The van der Waals surface area contributed by atoms with Gasteiger partial charge in [0.15, 0.2) is 0 Å². The first-order chi connectivity index (χ1) is 12.3. The van der Waals surface area contributed by atoms with E-state index in [1.165, 1.54) is 5.56 Å². The number of hydrogen-bond acceptors (Lipinski definition) is 3. The fraction of sp³-hybridized carbons (Fsp3) is 0.333. The van der Waals surface area contributed by atoms with Crippen molar-refractivity contribution in [3.05, 3.63) is 66.4 Å². The Hall–Kier alpha value is -2.62. The van der Waals surface area contributed by atoms with Crippen molar-refractivity contribution in [2.75, 3.05) is 29.4 Å². The zero-order valence-corrected chi connectivity index (χ0v) is 14.4. The van der Waals surface area contributed by atoms with Gasteiger partial charge in [0.1, 0.15) is 5.82 Å². The van der Waals surface area contributed by atoms with Gasteiger partial charge in [-0.05, 0) is 48.9 Å². The van der Waals surface area contributed by atoms with Gasteiger partial charge in [0.2, 0.25) is 0 Å². The predicted molar refractivity (Wildman–Crippen MR) is 101 cm³/mol. The topological polar surface area (TPSA) is 36.4 Å². The number of rotatable bonds is 3. The summed E-state index contributed by atoms with van der Waals surface area (Å²) in [5.41, 5.74) is 2.98. The van der Waals surface area contributed by atoms with E-state index in [9.17, 15) is 4.79 Å². The average molecular weight is 333 g/mol. The molecule has 1 aromatic carbocycles. The minimum absolute atomic E-state index is 0.0545. The first-order valence-electron chi connectivity index (χ1n) is 9.00. The van der Waals surface area contributed by atoms with Gasteiger partial charge in [-0.2, -0.15) is 0 Å². The Labute approximate surface area is 148 Å². The lowest BCUT2D eigenvalue weighted by atomic mass is 9.97. The molecule has 4 heteroatoms. The zero-order valence-electron chi connectivity index (χ0n) is 14.4. The quantitative estimate of drug-likeness (QED) is 0.804. The van der Waals surface area contributed by atoms with Crippen molar-refractivity contribution in [3.8, 4) is 0 Å². The fourth-order valence-corrected chi connectivity index (χ4v) is 3.86. The lowest BCUT2D eigenvalue weighted by Gasteiger charge is -2.33. The molecule has 2 aliphatic heterocycles. The maximum absolute atomic E-state index is 13.2. The van der Waals surface area contributed by atoms with Crippen LogP contribution in [0, 0.1) is 5.92 Å². The van der Waals surface area contributed by atoms with Crippen LogP contribution >= 0.6 is 0 Å². The standard InChI is InChI=1S/C21H23N3O/c1-2-16-9-13-23(14-10-16)20-18(7-5-12-22-20)21(25)24-15-11-17-6-3-4-8-19(17)24/h2-8,12,16H,1,9-11,13-15H2. The summed E-state index contributed by atoms with van der Waals surface area (Å²) in [4.78, 5) is 21.9. The summed E-state index contributed by atoms with van der Waals surface area (Å²) in [5, 5.41) is 0. The van der Waals surface area contributed by atoms with Gasteiger partial charge in [0, 0.05) is 31.5 Å². The van der Waals surface area contributed by atoms with E-state index < -0.39 is 0 Å². The highest BCUT2D eigenvalue weighted by atomic mass is 16.2. The number of para-hydroxylation sites is 1. The van der Waals surface area contributed by atoms with Crippen LogP contribution < -0.4 is 9.80 Å². The number of hydrogen-bond donors (Lipinski definition) is 0. The smallest absolute Gasteiger partial charge is 0.262 e. The molecule has 1 aromatic heterocycles. The maximum Gasteiger partial charge on any atom is 0.262 e. The Morgan fingerprint density at radius 1 is 1.12 bits per heavy atom. The Balaban J connectivity index is 1.61. The third-order valence-corrected chi connectivity index (χ3v) is 5.32. The molecule has 2 aromatic rings. The lowest BCUT2D eigenvalue weighted by molar-refractivity contribution is 0.0989. The molecule has 0 bridgehead atoms. The van der Waals surface area contributed by atoms with Crippen molar-refractivity contribution < 1.29 is 4.79 Å². The highest BCUT2D eigenvalue weighted by Gasteiger charge is 2.29. The highest BCUT2D eigenvalue weighted by Crippen LogP contribution is 2.31. The normalized spacial score (nSPS) is 17.4. The van der Waals surface area contributed by atoms with Crippen LogP contribution in [0.5, 0.6) is 0 Å². The molecule has 0 spiro atoms. The molecule has 128 valence electrons. The van der Waals surface area contributed by atoms with E-state index in [1.54, 1.807) is 6.20 Å². The molecule has 0 aliphatic carbocycles. The third-order valence-electron chi connectivity index (χ3n) is 5.32. The summed E-state index contributed by atoms with van der Waals surface area (Å²) in [6.07, 6.45) is 6.88. The number of carbonyl (C=O) groups excluding carboxylic acids is 1. The number of pyridine rings is 1. The summed E-state index contributed by atoms with van der Waals surface area (Å²) in [6, 6.07) is 11.9. The van der Waals surface area contributed by atoms with Crippen LogP contribution in [0.1, 0.15) is 28.8 Å².